The van der Waals surface area contributed by atoms with Crippen LogP contribution >= 0.6 is 46.1 Å². The van der Waals surface area contributed by atoms with E-state index < -0.39 is 12.6 Å². The highest BCUT2D eigenvalue weighted by atomic mass is 35.5. The van der Waals surface area contributed by atoms with Crippen molar-refractivity contribution in [2.24, 2.45) is 0 Å². The summed E-state index contributed by atoms with van der Waals surface area (Å²) in [5, 5.41) is 0.0393. The van der Waals surface area contributed by atoms with Gasteiger partial charge in [0.25, 0.3) is 0 Å². The number of carbonyl (C=O) groups is 2. The van der Waals surface area contributed by atoms with Gasteiger partial charge in [-0.3, -0.25) is 4.79 Å². The van der Waals surface area contributed by atoms with Crippen molar-refractivity contribution in [3.05, 3.63) is 48.8 Å². The molecule has 0 spiro atoms. The minimum absolute atomic E-state index is 0.0143. The van der Waals surface area contributed by atoms with Crippen LogP contribution < -0.4 is 0 Å². The highest BCUT2D eigenvalue weighted by Crippen LogP contribution is 2.31. The van der Waals surface area contributed by atoms with Gasteiger partial charge in [-0.1, -0.05) is 34.8 Å². The number of halogens is 3. The molecule has 4 nitrogen and oxygen atoms in total. The minimum Gasteiger partial charge on any atom is -0.452 e. The Hall–Kier alpha value is -1.14. The summed E-state index contributed by atoms with van der Waals surface area (Å²) >= 11 is 18.7. The van der Waals surface area contributed by atoms with E-state index in [2.05, 4.69) is 4.98 Å². The molecule has 0 bridgehead atoms. The number of hydrogen-bond acceptors (Lipinski definition) is 5. The summed E-state index contributed by atoms with van der Waals surface area (Å²) in [4.78, 5) is 29.0. The summed E-state index contributed by atoms with van der Waals surface area (Å²) in [7, 11) is 0. The molecule has 21 heavy (non-hydrogen) atoms. The van der Waals surface area contributed by atoms with Crippen LogP contribution in [0.1, 0.15) is 25.0 Å². The van der Waals surface area contributed by atoms with Crippen molar-refractivity contribution in [1.29, 1.82) is 0 Å². The molecule has 0 saturated carbocycles. The van der Waals surface area contributed by atoms with E-state index in [1.807, 2.05) is 13.0 Å². The number of thiophene rings is 1. The van der Waals surface area contributed by atoms with Crippen LogP contribution in [0.5, 0.6) is 0 Å². The Morgan fingerprint density at radius 3 is 2.57 bits per heavy atom. The van der Waals surface area contributed by atoms with Crippen molar-refractivity contribution in [3.63, 3.8) is 0 Å². The molecular formula is C13H8Cl3NO3S. The Morgan fingerprint density at radius 2 is 1.95 bits per heavy atom. The van der Waals surface area contributed by atoms with Crippen molar-refractivity contribution < 1.29 is 14.3 Å². The van der Waals surface area contributed by atoms with E-state index >= 15 is 0 Å². The third-order valence-corrected chi connectivity index (χ3v) is 4.74. The summed E-state index contributed by atoms with van der Waals surface area (Å²) < 4.78 is 4.90. The summed E-state index contributed by atoms with van der Waals surface area (Å²) in [5.41, 5.74) is -0.179. The van der Waals surface area contributed by atoms with Gasteiger partial charge in [0.05, 0.1) is 19.9 Å². The molecule has 0 amide bonds. The number of Topliss-reactive ketones (excluding diaryl/α,β-unsaturated/α-hetero) is 1. The zero-order chi connectivity index (χ0) is 15.6. The lowest BCUT2D eigenvalue weighted by Crippen LogP contribution is -2.15. The van der Waals surface area contributed by atoms with Gasteiger partial charge in [0, 0.05) is 11.1 Å². The number of carbonyl (C=O) groups excluding carboxylic acids is 2. The number of rotatable bonds is 4. The van der Waals surface area contributed by atoms with Crippen LogP contribution in [-0.4, -0.2) is 23.3 Å². The van der Waals surface area contributed by atoms with Crippen LogP contribution in [0.2, 0.25) is 15.1 Å². The van der Waals surface area contributed by atoms with E-state index in [4.69, 9.17) is 39.5 Å². The number of aromatic nitrogens is 1. The van der Waals surface area contributed by atoms with Gasteiger partial charge in [0.1, 0.15) is 0 Å². The first-order chi connectivity index (χ1) is 9.90. The molecule has 2 heterocycles. The molecule has 0 saturated heterocycles. The summed E-state index contributed by atoms with van der Waals surface area (Å²) in [6, 6.07) is 3.50. The summed E-state index contributed by atoms with van der Waals surface area (Å²) in [6.07, 6.45) is 1.19. The Labute approximate surface area is 139 Å². The van der Waals surface area contributed by atoms with E-state index in [0.29, 0.717) is 4.88 Å². The lowest BCUT2D eigenvalue weighted by Gasteiger charge is -2.06. The van der Waals surface area contributed by atoms with Gasteiger partial charge in [0.2, 0.25) is 5.78 Å². The first kappa shape index (κ1) is 16.2. The van der Waals surface area contributed by atoms with E-state index in [1.54, 1.807) is 6.07 Å². The minimum atomic E-state index is -0.833. The van der Waals surface area contributed by atoms with E-state index in [-0.39, 0.29) is 26.5 Å². The standard InChI is InChI=1S/C13H8Cl3NO3S/c1-6-2-3-9(21-6)8(18)5-20-13(19)12-11(16)10(15)7(14)4-17-12/h2-4H,5H2,1H3. The van der Waals surface area contributed by atoms with Crippen LogP contribution in [-0.2, 0) is 4.74 Å². The van der Waals surface area contributed by atoms with Gasteiger partial charge in [-0.2, -0.15) is 0 Å². The molecule has 0 aliphatic heterocycles. The van der Waals surface area contributed by atoms with Gasteiger partial charge >= 0.3 is 5.97 Å². The predicted octanol–water partition coefficient (Wildman–Crippen LogP) is 4.45. The fourth-order valence-electron chi connectivity index (χ4n) is 1.44. The van der Waals surface area contributed by atoms with Gasteiger partial charge < -0.3 is 4.74 Å². The number of nitrogens with zero attached hydrogens (tertiary/aromatic N) is 1. The monoisotopic (exact) mass is 363 g/mol. The highest BCUT2D eigenvalue weighted by Gasteiger charge is 2.20. The maximum atomic E-state index is 11.9. The second kappa shape index (κ2) is 6.75. The molecule has 0 atom stereocenters. The van der Waals surface area contributed by atoms with Crippen molar-refractivity contribution in [2.75, 3.05) is 6.61 Å². The van der Waals surface area contributed by atoms with E-state index in [9.17, 15) is 9.59 Å². The maximum Gasteiger partial charge on any atom is 0.358 e. The van der Waals surface area contributed by atoms with Crippen LogP contribution in [0.3, 0.4) is 0 Å². The Kier molecular flexibility index (Phi) is 5.22. The average molecular weight is 365 g/mol. The largest absolute Gasteiger partial charge is 0.452 e. The van der Waals surface area contributed by atoms with Crippen LogP contribution in [0.4, 0.5) is 0 Å². The first-order valence-electron chi connectivity index (χ1n) is 5.66. The van der Waals surface area contributed by atoms with E-state index in [1.165, 1.54) is 17.5 Å². The fraction of sp³-hybridized carbons (Fsp3) is 0.154. The number of hydrogen-bond donors (Lipinski definition) is 0. The molecule has 0 fully saturated rings. The Balaban J connectivity index is 2.06. The average Bonchev–Trinajstić information content (AvgIpc) is 2.88. The number of ketones is 1. The summed E-state index contributed by atoms with van der Waals surface area (Å²) in [6.45, 7) is 1.49. The zero-order valence-electron chi connectivity index (χ0n) is 10.7. The van der Waals surface area contributed by atoms with Gasteiger partial charge in [0.15, 0.2) is 12.3 Å². The number of aryl methyl sites for hydroxylation is 1. The lowest BCUT2D eigenvalue weighted by atomic mass is 10.3. The SMILES string of the molecule is Cc1ccc(C(=O)COC(=O)c2ncc(Cl)c(Cl)c2Cl)s1. The molecule has 0 unspecified atom stereocenters. The molecule has 2 aromatic rings. The van der Waals surface area contributed by atoms with Crippen molar-refractivity contribution in [3.8, 4) is 0 Å². The number of ether oxygens (including phenoxy) is 1. The molecule has 0 radical (unpaired) electrons. The number of pyridine rings is 1. The van der Waals surface area contributed by atoms with Crippen LogP contribution in [0, 0.1) is 6.92 Å². The van der Waals surface area contributed by atoms with Crippen molar-refractivity contribution in [2.45, 2.75) is 6.92 Å². The quantitative estimate of drug-likeness (QED) is 0.594. The Bertz CT molecular complexity index is 715. The maximum absolute atomic E-state index is 11.9. The van der Waals surface area contributed by atoms with E-state index in [0.717, 1.165) is 4.88 Å². The molecule has 110 valence electrons. The molecule has 0 aliphatic rings. The first-order valence-corrected chi connectivity index (χ1v) is 7.61. The molecule has 0 N–H and O–H groups in total. The molecule has 0 aromatic carbocycles. The van der Waals surface area contributed by atoms with Gasteiger partial charge in [-0.15, -0.1) is 11.3 Å². The highest BCUT2D eigenvalue weighted by molar-refractivity contribution is 7.14. The molecule has 2 aromatic heterocycles. The van der Waals surface area contributed by atoms with Gasteiger partial charge in [-0.05, 0) is 19.1 Å². The summed E-state index contributed by atoms with van der Waals surface area (Å²) in [5.74, 6) is -1.13. The second-order valence-electron chi connectivity index (χ2n) is 3.99. The third kappa shape index (κ3) is 3.74. The lowest BCUT2D eigenvalue weighted by molar-refractivity contribution is 0.0470. The van der Waals surface area contributed by atoms with Crippen molar-refractivity contribution >= 4 is 57.9 Å². The molecule has 2 rings (SSSR count). The normalized spacial score (nSPS) is 10.5. The third-order valence-electron chi connectivity index (χ3n) is 2.46. The molecular weight excluding hydrogens is 357 g/mol. The predicted molar refractivity (Wildman–Crippen MR) is 82.9 cm³/mol. The Morgan fingerprint density at radius 1 is 1.24 bits per heavy atom. The second-order valence-corrected chi connectivity index (χ2v) is 6.44. The van der Waals surface area contributed by atoms with Crippen molar-refractivity contribution in [1.82, 2.24) is 4.98 Å². The number of esters is 1. The van der Waals surface area contributed by atoms with Crippen LogP contribution in [0.25, 0.3) is 0 Å². The zero-order valence-corrected chi connectivity index (χ0v) is 13.7. The molecule has 8 heteroatoms. The topological polar surface area (TPSA) is 56.3 Å². The van der Waals surface area contributed by atoms with Crippen LogP contribution in [0.15, 0.2) is 18.3 Å². The fourth-order valence-corrected chi connectivity index (χ4v) is 2.79. The van der Waals surface area contributed by atoms with Gasteiger partial charge in [-0.25, -0.2) is 9.78 Å². The smallest absolute Gasteiger partial charge is 0.358 e. The molecule has 0 aliphatic carbocycles.